The summed E-state index contributed by atoms with van der Waals surface area (Å²) in [6.07, 6.45) is 8.40. The van der Waals surface area contributed by atoms with Crippen LogP contribution in [0.5, 0.6) is 5.75 Å². The highest BCUT2D eigenvalue weighted by atomic mass is 16.4. The van der Waals surface area contributed by atoms with Crippen LogP contribution in [-0.2, 0) is 120 Å². The number of hydrogen-bond acceptors (Lipinski definition) is 26. The van der Waals surface area contributed by atoms with Gasteiger partial charge < -0.3 is 143 Å². The van der Waals surface area contributed by atoms with Crippen molar-refractivity contribution in [3.8, 4) is 5.75 Å². The number of rotatable bonds is 37. The van der Waals surface area contributed by atoms with Crippen molar-refractivity contribution in [2.45, 2.75) is 239 Å². The third-order valence-corrected chi connectivity index (χ3v) is 26.4. The van der Waals surface area contributed by atoms with Crippen molar-refractivity contribution in [1.82, 2.24) is 88.1 Å². The first-order valence-electron chi connectivity index (χ1n) is 48.0. The maximum absolute atomic E-state index is 13.9. The average Bonchev–Trinajstić information content (AvgIpc) is 1.75. The molecule has 782 valence electrons. The lowest BCUT2D eigenvalue weighted by Crippen LogP contribution is -2.61. The number of nitrogens with zero attached hydrogens (tertiary/aromatic N) is 4. The lowest BCUT2D eigenvalue weighted by molar-refractivity contribution is -0.143. The number of aromatic nitrogens is 2. The van der Waals surface area contributed by atoms with Gasteiger partial charge in [-0.2, -0.15) is 0 Å². The molecule has 15 unspecified atom stereocenters. The summed E-state index contributed by atoms with van der Waals surface area (Å²) < 4.78 is 5.35. The van der Waals surface area contributed by atoms with Crippen LogP contribution in [-0.4, -0.2) is 276 Å². The molecule has 29 N–H and O–H groups in total. The maximum Gasteiger partial charge on any atom is 0.336 e. The van der Waals surface area contributed by atoms with Gasteiger partial charge in [-0.1, -0.05) is 61.7 Å². The lowest BCUT2D eigenvalue weighted by atomic mass is 10.0. The molecule has 21 amide bonds. The Hall–Kier alpha value is -17.1. The van der Waals surface area contributed by atoms with E-state index >= 15 is 0 Å². The lowest BCUT2D eigenvalue weighted by Gasteiger charge is -2.30. The Morgan fingerprint density at radius 1 is 0.401 bits per heavy atom. The van der Waals surface area contributed by atoms with E-state index < -0.39 is 234 Å². The zero-order valence-electron chi connectivity index (χ0n) is 80.5. The van der Waals surface area contributed by atoms with Crippen LogP contribution in [0.3, 0.4) is 0 Å². The van der Waals surface area contributed by atoms with Crippen molar-refractivity contribution in [1.29, 1.82) is 0 Å². The minimum atomic E-state index is -1.31. The van der Waals surface area contributed by atoms with Gasteiger partial charge in [-0.15, -0.1) is 0 Å². The number of hydrogen-bond donors (Lipinski definition) is 22. The van der Waals surface area contributed by atoms with Crippen molar-refractivity contribution >= 4 is 163 Å². The SMILES string of the molecule is C=C1CCC(C(=O)NC(CC(N)=O)C(=O)N2CCCC2C(=O)NC(Cc2c[nH]c3ccccc23)C(=O)Nc2ccc3c(C)cc(=O)oc3c2)N1.C=C1CCC(C(=O)NC(CC(N)=O)C(=O)N2CCCC2C(=O)NC(Cc2c[nH]c3ccccc23)C(N)=O)N1.NC(=O)CC(NC(=O)C1CC(=O)N1)C(=O)N1CCCC1C(N)=O.NC(=O)CC(NC(=O)C1CCC(=O)N1)C(=O)N1CCCC1C(=O)NC(Cc1ccc(O)cc1)C(N)=O. The molecule has 49 nitrogen and oxygen atoms in total. The first-order valence-corrected chi connectivity index (χ1v) is 48.0. The van der Waals surface area contributed by atoms with E-state index in [9.17, 15) is 111 Å². The number of likely N-dealkylation sites (tertiary alicyclic amines) is 4. The molecule has 15 atom stereocenters. The summed E-state index contributed by atoms with van der Waals surface area (Å²) in [6.45, 7) is 10.4. The van der Waals surface area contributed by atoms with E-state index in [2.05, 4.69) is 86.9 Å². The molecule has 0 saturated carbocycles. The highest BCUT2D eigenvalue weighted by Crippen LogP contribution is 2.30. The molecule has 7 aromatic rings. The Kier molecular flexibility index (Phi) is 36.4. The standard InChI is InChI=1S/C36H39N7O7.C26H33N7O5.C23H30N6O7.C13H19N5O5/c1-19-14-32(45)50-30-16-22(10-11-23(19)30)40-34(47)27(15-21-18-38-25-7-4-3-6-24(21)25)41-35(48)29-8-5-13-43(29)36(49)28(17-31(37)44)42-33(46)26-12-9-20(2)39-26;1-14-8-9-18(30-14)24(36)32-20(12-22(27)34)26(38)33-10-4-7-21(33)25(37)31-19(23(28)35)11-15-13-29-17-6-3-2-5-16(15)17;24-18(31)11-16(28-21(34)14-7-8-19(32)26-14)23(36)29-9-1-2-17(29)22(35)27-15(20(25)33)10-12-3-5-13(30)6-4-12;14-9(19)4-7(17-12(22)6-5-10(20)16-6)13(23)18-3-1-2-8(18)11(15)21/h3-4,6-7,10-11,14,16,18,26-29,38-39H,2,5,8-9,12-13,15,17H2,1H3,(H2,37,44)(H,40,47)(H,41,48)(H,42,46);2-3,5-6,13,18-21,29-30H,1,4,7-12H2,(H2,27,34)(H2,28,35)(H,31,37)(H,32,36);3-6,14-17,30H,1-2,7-11H2,(H2,24,31)(H2,25,33)(H,26,32)(H,27,35)(H,28,34);6-8H,1-5H2,(H2,14,19)(H2,15,21)(H,16,20)(H,17,22). The number of fused-ring (bicyclic) bond motifs is 3. The van der Waals surface area contributed by atoms with E-state index in [1.165, 1.54) is 37.8 Å². The number of H-pyrrole nitrogens is 2. The molecule has 8 aliphatic rings. The van der Waals surface area contributed by atoms with Gasteiger partial charge in [-0.3, -0.25) is 101 Å². The maximum atomic E-state index is 13.9. The van der Waals surface area contributed by atoms with E-state index in [-0.39, 0.29) is 75.7 Å². The van der Waals surface area contributed by atoms with Gasteiger partial charge in [-0.05, 0) is 149 Å². The van der Waals surface area contributed by atoms with Gasteiger partial charge >= 0.3 is 5.63 Å². The van der Waals surface area contributed by atoms with Gasteiger partial charge in [0, 0.05) is 121 Å². The second kappa shape index (κ2) is 49.3. The fraction of sp³-hybridized carbons (Fsp3) is 0.429. The molecule has 15 rings (SSSR count). The van der Waals surface area contributed by atoms with E-state index in [0.717, 1.165) is 44.2 Å². The molecule has 0 spiro atoms. The smallest absolute Gasteiger partial charge is 0.336 e. The van der Waals surface area contributed by atoms with Crippen LogP contribution in [0.4, 0.5) is 5.69 Å². The number of nitrogens with one attached hydrogen (secondary N) is 14. The van der Waals surface area contributed by atoms with Crippen LogP contribution >= 0.6 is 0 Å². The number of nitrogens with two attached hydrogens (primary N) is 7. The third kappa shape index (κ3) is 28.7. The molecular formula is C98H121N25O24. The van der Waals surface area contributed by atoms with Crippen molar-refractivity contribution < 1.29 is 110 Å². The molecule has 0 radical (unpaired) electrons. The quantitative estimate of drug-likeness (QED) is 0.0129. The number of phenolic OH excluding ortho intramolecular Hbond substituents is 1. The van der Waals surface area contributed by atoms with Crippen molar-refractivity contribution in [2.75, 3.05) is 31.5 Å². The number of allylic oxidation sites excluding steroid dienone is 2. The van der Waals surface area contributed by atoms with E-state index in [0.29, 0.717) is 112 Å². The minimum Gasteiger partial charge on any atom is -0.508 e. The topological polar surface area (TPSA) is 780 Å². The molecule has 3 aromatic heterocycles. The second-order valence-corrected chi connectivity index (χ2v) is 37.2. The zero-order valence-corrected chi connectivity index (χ0v) is 80.5. The number of amides is 21. The summed E-state index contributed by atoms with van der Waals surface area (Å²) in [4.78, 5) is 285. The number of anilines is 1. The molecule has 8 aliphatic heterocycles. The fourth-order valence-electron chi connectivity index (χ4n) is 18.9. The number of carbonyl (C=O) groups is 21. The Morgan fingerprint density at radius 2 is 0.769 bits per heavy atom. The Morgan fingerprint density at radius 3 is 1.15 bits per heavy atom. The van der Waals surface area contributed by atoms with Crippen LogP contribution in [0.2, 0.25) is 0 Å². The summed E-state index contributed by atoms with van der Waals surface area (Å²) in [7, 11) is 0. The number of phenols is 1. The first-order chi connectivity index (χ1) is 69.9. The van der Waals surface area contributed by atoms with E-state index in [1.807, 2.05) is 48.5 Å². The van der Waals surface area contributed by atoms with Crippen LogP contribution in [0.15, 0.2) is 143 Å². The van der Waals surface area contributed by atoms with Crippen molar-refractivity contribution in [3.63, 3.8) is 0 Å². The monoisotopic (exact) mass is 2030 g/mol. The van der Waals surface area contributed by atoms with Gasteiger partial charge in [0.25, 0.3) is 0 Å². The Bertz CT molecular complexity index is 6370. The van der Waals surface area contributed by atoms with Gasteiger partial charge in [0.15, 0.2) is 0 Å². The molecule has 0 aliphatic carbocycles. The molecule has 147 heavy (non-hydrogen) atoms. The molecule has 0 bridgehead atoms. The van der Waals surface area contributed by atoms with Crippen LogP contribution in [0.1, 0.15) is 144 Å². The van der Waals surface area contributed by atoms with Crippen LogP contribution < -0.4 is 110 Å². The third-order valence-electron chi connectivity index (χ3n) is 26.4. The highest BCUT2D eigenvalue weighted by molar-refractivity contribution is 6.05. The van der Waals surface area contributed by atoms with Crippen molar-refractivity contribution in [3.05, 3.63) is 167 Å². The number of para-hydroxylation sites is 2. The Balaban J connectivity index is 0.000000180. The molecular weight excluding hydrogens is 1910 g/mol. The molecule has 8 fully saturated rings. The predicted octanol–water partition coefficient (Wildman–Crippen LogP) is -4.59. The first kappa shape index (κ1) is 109. The van der Waals surface area contributed by atoms with Gasteiger partial charge in [0.2, 0.25) is 124 Å². The zero-order chi connectivity index (χ0) is 106. The summed E-state index contributed by atoms with van der Waals surface area (Å²) in [6, 6.07) is 13.2. The number of aromatic amines is 2. The van der Waals surface area contributed by atoms with Gasteiger partial charge in [0.05, 0.1) is 32.1 Å². The number of β-lactam (4-membered cyclic amide) rings is 1. The van der Waals surface area contributed by atoms with Crippen LogP contribution in [0, 0.1) is 6.92 Å². The van der Waals surface area contributed by atoms with Crippen LogP contribution in [0.25, 0.3) is 32.8 Å². The predicted molar refractivity (Wildman–Crippen MR) is 525 cm³/mol. The summed E-state index contributed by atoms with van der Waals surface area (Å²) in [5, 5.41) is 43.8. The highest BCUT2D eigenvalue weighted by Gasteiger charge is 2.47. The van der Waals surface area contributed by atoms with E-state index in [1.54, 1.807) is 49.6 Å². The summed E-state index contributed by atoms with van der Waals surface area (Å²) in [5.41, 5.74) is 43.9. The number of aryl methyl sites for hydroxylation is 1. The van der Waals surface area contributed by atoms with Gasteiger partial charge in [-0.25, -0.2) is 4.79 Å². The molecule has 49 heteroatoms. The largest absolute Gasteiger partial charge is 0.508 e. The number of benzene rings is 4. The van der Waals surface area contributed by atoms with Gasteiger partial charge in [0.1, 0.15) is 102 Å². The van der Waals surface area contributed by atoms with E-state index in [4.69, 9.17) is 44.6 Å². The average molecular weight is 2030 g/mol. The van der Waals surface area contributed by atoms with Crippen molar-refractivity contribution in [2.24, 2.45) is 40.1 Å². The number of aromatic hydroxyl groups is 1. The number of carbonyl (C=O) groups excluding carboxylic acids is 21. The second-order valence-electron chi connectivity index (χ2n) is 37.2. The molecule has 8 saturated heterocycles. The summed E-state index contributed by atoms with van der Waals surface area (Å²) in [5.74, 6) is -12.5. The Labute approximate surface area is 839 Å². The fourth-order valence-corrected chi connectivity index (χ4v) is 18.9. The number of primary amides is 7. The minimum absolute atomic E-state index is 0.0247. The summed E-state index contributed by atoms with van der Waals surface area (Å²) >= 11 is 0. The molecule has 11 heterocycles. The normalized spacial score (nSPS) is 20.5. The molecule has 4 aromatic carbocycles.